The Labute approximate surface area is 93.1 Å². The summed E-state index contributed by atoms with van der Waals surface area (Å²) >= 11 is 0. The number of hydrogen-bond acceptors (Lipinski definition) is 3. The summed E-state index contributed by atoms with van der Waals surface area (Å²) in [5, 5.41) is 0. The molecule has 1 atom stereocenters. The van der Waals surface area contributed by atoms with Crippen molar-refractivity contribution in [3.8, 4) is 0 Å². The second kappa shape index (κ2) is 6.48. The predicted molar refractivity (Wildman–Crippen MR) is 61.8 cm³/mol. The third-order valence-electron chi connectivity index (χ3n) is 2.65. The van der Waals surface area contributed by atoms with E-state index in [4.69, 9.17) is 4.74 Å². The second-order valence-corrected chi connectivity index (χ2v) is 6.57. The molecule has 1 saturated heterocycles. The molecule has 0 bridgehead atoms. The normalized spacial score (nSPS) is 20.5. The van der Waals surface area contributed by atoms with Crippen LogP contribution in [0.15, 0.2) is 0 Å². The van der Waals surface area contributed by atoms with Gasteiger partial charge in [0.2, 0.25) is 0 Å². The van der Waals surface area contributed by atoms with Crippen molar-refractivity contribution in [2.24, 2.45) is 0 Å². The molecule has 0 radical (unpaired) electrons. The van der Waals surface area contributed by atoms with E-state index in [1.165, 1.54) is 25.7 Å². The van der Waals surface area contributed by atoms with Crippen molar-refractivity contribution in [3.05, 3.63) is 0 Å². The van der Waals surface area contributed by atoms with E-state index in [0.717, 1.165) is 12.8 Å². The van der Waals surface area contributed by atoms with Crippen LogP contribution >= 0.6 is 0 Å². The molecule has 1 rings (SSSR count). The summed E-state index contributed by atoms with van der Waals surface area (Å²) in [5.74, 6) is 0.584. The minimum Gasteiger partial charge on any atom is -0.372 e. The van der Waals surface area contributed by atoms with E-state index < -0.39 is 9.84 Å². The van der Waals surface area contributed by atoms with Crippen molar-refractivity contribution in [2.75, 3.05) is 18.1 Å². The van der Waals surface area contributed by atoms with Crippen LogP contribution in [0, 0.1) is 0 Å². The lowest BCUT2D eigenvalue weighted by atomic mass is 10.1. The molecule has 1 aliphatic rings. The number of ether oxygens (including phenoxy) is 1. The molecular formula is C11H22O3S. The molecule has 0 saturated carbocycles. The Kier molecular flexibility index (Phi) is 5.61. The van der Waals surface area contributed by atoms with E-state index in [2.05, 4.69) is 6.92 Å². The lowest BCUT2D eigenvalue weighted by molar-refractivity contribution is 0.422. The molecule has 4 heteroatoms. The molecule has 0 aromatic heterocycles. The minimum atomic E-state index is -2.84. The third kappa shape index (κ3) is 6.90. The van der Waals surface area contributed by atoms with E-state index in [-0.39, 0.29) is 11.9 Å². The highest BCUT2D eigenvalue weighted by atomic mass is 32.2. The summed E-state index contributed by atoms with van der Waals surface area (Å²) in [6.07, 6.45) is 6.78. The van der Waals surface area contributed by atoms with E-state index in [1.807, 2.05) is 0 Å². The van der Waals surface area contributed by atoms with E-state index >= 15 is 0 Å². The lowest BCUT2D eigenvalue weighted by Crippen LogP contribution is -2.15. The van der Waals surface area contributed by atoms with Crippen LogP contribution in [0.25, 0.3) is 0 Å². The molecule has 90 valence electrons. The van der Waals surface area contributed by atoms with Crippen LogP contribution in [0.1, 0.15) is 45.4 Å². The Morgan fingerprint density at radius 3 is 2.33 bits per heavy atom. The van der Waals surface area contributed by atoms with Gasteiger partial charge in [-0.25, -0.2) is 8.42 Å². The standard InChI is InChI=1S/C11H22O3S/c1-2-3-4-5-6-7-8-15(12,13)10-11-9-14-11/h11H,2-10H2,1H3. The van der Waals surface area contributed by atoms with Crippen molar-refractivity contribution >= 4 is 9.84 Å². The van der Waals surface area contributed by atoms with Crippen LogP contribution in [0.2, 0.25) is 0 Å². The largest absolute Gasteiger partial charge is 0.372 e. The van der Waals surface area contributed by atoms with Crippen molar-refractivity contribution < 1.29 is 13.2 Å². The molecule has 1 aliphatic heterocycles. The van der Waals surface area contributed by atoms with Gasteiger partial charge in [0.1, 0.15) is 0 Å². The fourth-order valence-electron chi connectivity index (χ4n) is 1.63. The van der Waals surface area contributed by atoms with Gasteiger partial charge in [0.25, 0.3) is 0 Å². The molecule has 3 nitrogen and oxygen atoms in total. The molecule has 0 aliphatic carbocycles. The molecule has 0 N–H and O–H groups in total. The molecule has 0 amide bonds. The van der Waals surface area contributed by atoms with Crippen LogP contribution in [-0.2, 0) is 14.6 Å². The third-order valence-corrected chi connectivity index (χ3v) is 4.44. The van der Waals surface area contributed by atoms with Crippen LogP contribution in [0.4, 0.5) is 0 Å². The maximum atomic E-state index is 11.5. The molecule has 1 unspecified atom stereocenters. The Balaban J connectivity index is 1.98. The predicted octanol–water partition coefficient (Wildman–Crippen LogP) is 2.16. The van der Waals surface area contributed by atoms with Gasteiger partial charge in [-0.3, -0.25) is 0 Å². The van der Waals surface area contributed by atoms with Gasteiger partial charge in [-0.2, -0.15) is 0 Å². The fourth-order valence-corrected chi connectivity index (χ4v) is 3.20. The molecular weight excluding hydrogens is 212 g/mol. The number of epoxide rings is 1. The quantitative estimate of drug-likeness (QED) is 0.453. The number of rotatable bonds is 9. The molecule has 1 fully saturated rings. The van der Waals surface area contributed by atoms with Crippen LogP contribution in [0.5, 0.6) is 0 Å². The first-order valence-electron chi connectivity index (χ1n) is 5.96. The van der Waals surface area contributed by atoms with Crippen LogP contribution in [0.3, 0.4) is 0 Å². The average molecular weight is 234 g/mol. The highest BCUT2D eigenvalue weighted by molar-refractivity contribution is 7.91. The zero-order valence-electron chi connectivity index (χ0n) is 9.57. The van der Waals surface area contributed by atoms with Crippen molar-refractivity contribution in [1.29, 1.82) is 0 Å². The maximum Gasteiger partial charge on any atom is 0.152 e. The summed E-state index contributed by atoms with van der Waals surface area (Å²) in [7, 11) is -2.84. The summed E-state index contributed by atoms with van der Waals surface area (Å²) < 4.78 is 27.9. The van der Waals surface area contributed by atoms with Gasteiger partial charge in [0, 0.05) is 0 Å². The number of sulfone groups is 1. The number of unbranched alkanes of at least 4 members (excludes halogenated alkanes) is 5. The van der Waals surface area contributed by atoms with E-state index in [9.17, 15) is 8.42 Å². The molecule has 0 spiro atoms. The van der Waals surface area contributed by atoms with Crippen molar-refractivity contribution in [3.63, 3.8) is 0 Å². The minimum absolute atomic E-state index is 0.00934. The van der Waals surface area contributed by atoms with Crippen LogP contribution < -0.4 is 0 Å². The Morgan fingerprint density at radius 1 is 1.13 bits per heavy atom. The van der Waals surface area contributed by atoms with Gasteiger partial charge in [-0.15, -0.1) is 0 Å². The maximum absolute atomic E-state index is 11.5. The Bertz CT molecular complexity index is 255. The Morgan fingerprint density at radius 2 is 1.73 bits per heavy atom. The highest BCUT2D eigenvalue weighted by Crippen LogP contribution is 2.13. The molecule has 15 heavy (non-hydrogen) atoms. The van der Waals surface area contributed by atoms with Crippen LogP contribution in [-0.4, -0.2) is 32.6 Å². The monoisotopic (exact) mass is 234 g/mol. The van der Waals surface area contributed by atoms with Crippen molar-refractivity contribution in [1.82, 2.24) is 0 Å². The van der Waals surface area contributed by atoms with Gasteiger partial charge in [0.05, 0.1) is 24.2 Å². The molecule has 1 heterocycles. The first-order valence-corrected chi connectivity index (χ1v) is 7.78. The average Bonchev–Trinajstić information content (AvgIpc) is 2.94. The second-order valence-electron chi connectivity index (χ2n) is 4.34. The SMILES string of the molecule is CCCCCCCCS(=O)(=O)CC1CO1. The summed E-state index contributed by atoms with van der Waals surface area (Å²) in [6.45, 7) is 2.82. The zero-order valence-corrected chi connectivity index (χ0v) is 10.4. The van der Waals surface area contributed by atoms with Gasteiger partial charge >= 0.3 is 0 Å². The Hall–Kier alpha value is -0.0900. The van der Waals surface area contributed by atoms with Gasteiger partial charge in [-0.1, -0.05) is 39.0 Å². The lowest BCUT2D eigenvalue weighted by Gasteiger charge is -2.02. The number of hydrogen-bond donors (Lipinski definition) is 0. The highest BCUT2D eigenvalue weighted by Gasteiger charge is 2.28. The van der Waals surface area contributed by atoms with E-state index in [1.54, 1.807) is 0 Å². The fraction of sp³-hybridized carbons (Fsp3) is 1.00. The summed E-state index contributed by atoms with van der Waals surface area (Å²) in [6, 6.07) is 0. The first kappa shape index (κ1) is 13.0. The van der Waals surface area contributed by atoms with E-state index in [0.29, 0.717) is 12.4 Å². The van der Waals surface area contributed by atoms with Crippen molar-refractivity contribution in [2.45, 2.75) is 51.6 Å². The summed E-state index contributed by atoms with van der Waals surface area (Å²) in [5.41, 5.74) is 0. The topological polar surface area (TPSA) is 46.7 Å². The van der Waals surface area contributed by atoms with Gasteiger partial charge < -0.3 is 4.74 Å². The van der Waals surface area contributed by atoms with Gasteiger partial charge in [0.15, 0.2) is 9.84 Å². The zero-order chi connectivity index (χ0) is 11.1. The molecule has 0 aromatic rings. The summed E-state index contributed by atoms with van der Waals surface area (Å²) in [4.78, 5) is 0. The van der Waals surface area contributed by atoms with Gasteiger partial charge in [-0.05, 0) is 6.42 Å². The molecule has 0 aromatic carbocycles. The smallest absolute Gasteiger partial charge is 0.152 e. The first-order chi connectivity index (χ1) is 7.14.